The molecular weight excluding hydrogens is 636 g/mol. The Balaban J connectivity index is 1.41. The summed E-state index contributed by atoms with van der Waals surface area (Å²) in [6.45, 7) is 3.56. The van der Waals surface area contributed by atoms with Crippen molar-refractivity contribution in [3.8, 4) is 28.7 Å². The fourth-order valence-corrected chi connectivity index (χ4v) is 6.21. The van der Waals surface area contributed by atoms with Crippen molar-refractivity contribution in [2.75, 3.05) is 20.5 Å². The van der Waals surface area contributed by atoms with Crippen LogP contribution in [0.3, 0.4) is 0 Å². The monoisotopic (exact) mass is 660 g/mol. The molecule has 3 aromatic carbocycles. The van der Waals surface area contributed by atoms with Gasteiger partial charge >= 0.3 is 11.7 Å². The summed E-state index contributed by atoms with van der Waals surface area (Å²) in [5.74, 6) is 0.481. The highest BCUT2D eigenvalue weighted by molar-refractivity contribution is 7.07. The number of methoxy groups -OCH3 is 1. The molecule has 0 spiro atoms. The number of carbonyl (C=O) groups excluding carboxylic acids is 1. The minimum atomic E-state index is -0.857. The number of fused-ring (bicyclic) bond motifs is 2. The highest BCUT2D eigenvalue weighted by atomic mass is 32.1. The zero-order valence-corrected chi connectivity index (χ0v) is 25.8. The summed E-state index contributed by atoms with van der Waals surface area (Å²) in [4.78, 5) is 53.3. The number of hydrogen-bond acceptors (Lipinski definition) is 13. The van der Waals surface area contributed by atoms with Crippen LogP contribution in [0.1, 0.15) is 31.0 Å². The molecule has 0 saturated carbocycles. The van der Waals surface area contributed by atoms with Gasteiger partial charge in [0.25, 0.3) is 11.2 Å². The lowest BCUT2D eigenvalue weighted by Crippen LogP contribution is -2.39. The Morgan fingerprint density at radius 3 is 2.53 bits per heavy atom. The van der Waals surface area contributed by atoms with Gasteiger partial charge in [0.05, 0.1) is 51.5 Å². The molecule has 0 fully saturated rings. The minimum Gasteiger partial charge on any atom is -0.493 e. The molecule has 0 saturated heterocycles. The van der Waals surface area contributed by atoms with Crippen molar-refractivity contribution in [3.63, 3.8) is 0 Å². The van der Waals surface area contributed by atoms with Gasteiger partial charge in [0.2, 0.25) is 12.5 Å². The number of aromatic nitrogens is 1. The maximum Gasteiger partial charge on any atom is 0.338 e. The van der Waals surface area contributed by atoms with E-state index in [0.29, 0.717) is 37.7 Å². The topological polar surface area (TPSA) is 184 Å². The minimum absolute atomic E-state index is 0.0548. The number of carbonyl (C=O) groups is 1. The van der Waals surface area contributed by atoms with Gasteiger partial charge in [-0.15, -0.1) is 0 Å². The summed E-state index contributed by atoms with van der Waals surface area (Å²) in [6, 6.07) is 12.0. The van der Waals surface area contributed by atoms with Gasteiger partial charge in [-0.1, -0.05) is 23.5 Å². The van der Waals surface area contributed by atoms with Crippen molar-refractivity contribution < 1.29 is 38.3 Å². The van der Waals surface area contributed by atoms with Gasteiger partial charge < -0.3 is 23.7 Å². The van der Waals surface area contributed by atoms with Crippen LogP contribution in [0, 0.1) is 20.2 Å². The molecule has 16 heteroatoms. The Bertz CT molecular complexity index is 2190. The summed E-state index contributed by atoms with van der Waals surface area (Å²) in [5, 5.41) is 22.7. The molecule has 0 bridgehead atoms. The highest BCUT2D eigenvalue weighted by Gasteiger charge is 2.34. The van der Waals surface area contributed by atoms with Crippen molar-refractivity contribution in [2.45, 2.75) is 19.9 Å². The zero-order chi connectivity index (χ0) is 33.4. The molecule has 1 aromatic heterocycles. The second-order valence-electron chi connectivity index (χ2n) is 10.1. The molecule has 0 aliphatic carbocycles. The Morgan fingerprint density at radius 2 is 1.81 bits per heavy atom. The van der Waals surface area contributed by atoms with Crippen LogP contribution in [-0.2, 0) is 9.53 Å². The third-order valence-electron chi connectivity index (χ3n) is 7.28. The molecule has 0 amide bonds. The number of nitro groups is 2. The molecule has 3 heterocycles. The van der Waals surface area contributed by atoms with Crippen molar-refractivity contribution in [1.82, 2.24) is 4.57 Å². The molecular formula is C31H24N4O11S. The summed E-state index contributed by atoms with van der Waals surface area (Å²) in [5.41, 5.74) is 0.280. The maximum absolute atomic E-state index is 14.0. The molecule has 1 unspecified atom stereocenters. The van der Waals surface area contributed by atoms with Crippen LogP contribution in [0.4, 0.5) is 11.4 Å². The molecule has 1 atom stereocenters. The van der Waals surface area contributed by atoms with Crippen molar-refractivity contribution in [1.29, 1.82) is 0 Å². The van der Waals surface area contributed by atoms with E-state index in [1.165, 1.54) is 17.7 Å². The van der Waals surface area contributed by atoms with Crippen molar-refractivity contribution in [2.24, 2.45) is 4.99 Å². The van der Waals surface area contributed by atoms with E-state index in [-0.39, 0.29) is 36.2 Å². The summed E-state index contributed by atoms with van der Waals surface area (Å²) >= 11 is 1.12. The van der Waals surface area contributed by atoms with Crippen LogP contribution in [0.25, 0.3) is 6.08 Å². The number of ether oxygens (including phenoxy) is 5. The van der Waals surface area contributed by atoms with Crippen LogP contribution < -0.4 is 33.8 Å². The van der Waals surface area contributed by atoms with E-state index in [4.69, 9.17) is 23.7 Å². The van der Waals surface area contributed by atoms with Crippen LogP contribution in [-0.4, -0.2) is 40.9 Å². The predicted molar refractivity (Wildman–Crippen MR) is 166 cm³/mol. The normalized spacial score (nSPS) is 15.1. The Hall–Kier alpha value is -6.03. The van der Waals surface area contributed by atoms with Gasteiger partial charge in [0, 0.05) is 6.07 Å². The first-order valence-electron chi connectivity index (χ1n) is 14.0. The number of nitrogens with zero attached hydrogens (tertiary/aromatic N) is 4. The summed E-state index contributed by atoms with van der Waals surface area (Å²) in [7, 11) is 1.37. The molecule has 2 aliphatic heterocycles. The van der Waals surface area contributed by atoms with E-state index in [2.05, 4.69) is 4.99 Å². The van der Waals surface area contributed by atoms with E-state index in [0.717, 1.165) is 29.5 Å². The molecule has 0 radical (unpaired) electrons. The number of nitro benzene ring substituents is 2. The third kappa shape index (κ3) is 5.77. The van der Waals surface area contributed by atoms with Crippen molar-refractivity contribution >= 4 is 34.8 Å². The SMILES string of the molecule is CCOC(=O)C1=C(C)N=c2sc(=Cc3ccc(Oc4ccc([N+](=O)[O-])cc4[N+](=O)[O-])c(OC)c3)c(=O)n2C1c1ccc2c(c1)OCO2. The van der Waals surface area contributed by atoms with Gasteiger partial charge in [-0.05, 0) is 61.4 Å². The number of thiazole rings is 1. The van der Waals surface area contributed by atoms with Gasteiger partial charge in [-0.25, -0.2) is 9.79 Å². The number of rotatable bonds is 9. The zero-order valence-electron chi connectivity index (χ0n) is 25.0. The third-order valence-corrected chi connectivity index (χ3v) is 8.27. The second-order valence-corrected chi connectivity index (χ2v) is 11.1. The summed E-state index contributed by atoms with van der Waals surface area (Å²) < 4.78 is 29.3. The van der Waals surface area contributed by atoms with E-state index in [1.54, 1.807) is 50.3 Å². The van der Waals surface area contributed by atoms with Crippen LogP contribution in [0.15, 0.2) is 75.7 Å². The lowest BCUT2D eigenvalue weighted by atomic mass is 9.95. The number of hydrogen-bond donors (Lipinski definition) is 0. The van der Waals surface area contributed by atoms with Gasteiger partial charge in [-0.3, -0.25) is 29.6 Å². The summed E-state index contributed by atoms with van der Waals surface area (Å²) in [6.07, 6.45) is 1.62. The molecule has 15 nitrogen and oxygen atoms in total. The average molecular weight is 661 g/mol. The molecule has 47 heavy (non-hydrogen) atoms. The number of non-ortho nitro benzene ring substituents is 1. The lowest BCUT2D eigenvalue weighted by Gasteiger charge is -2.24. The van der Waals surface area contributed by atoms with E-state index in [1.807, 2.05) is 0 Å². The van der Waals surface area contributed by atoms with Crippen LogP contribution in [0.2, 0.25) is 0 Å². The second kappa shape index (κ2) is 12.4. The first-order chi connectivity index (χ1) is 22.6. The molecule has 2 aliphatic rings. The van der Waals surface area contributed by atoms with E-state index >= 15 is 0 Å². The smallest absolute Gasteiger partial charge is 0.338 e. The maximum atomic E-state index is 14.0. The number of esters is 1. The van der Waals surface area contributed by atoms with Crippen molar-refractivity contribution in [3.05, 3.63) is 117 Å². The Morgan fingerprint density at radius 1 is 1.04 bits per heavy atom. The highest BCUT2D eigenvalue weighted by Crippen LogP contribution is 2.40. The van der Waals surface area contributed by atoms with Gasteiger partial charge in [0.1, 0.15) is 0 Å². The number of allylic oxidation sites excluding steroid dienone is 1. The quantitative estimate of drug-likeness (QED) is 0.143. The predicted octanol–water partition coefficient (Wildman–Crippen LogP) is 4.14. The van der Waals surface area contributed by atoms with E-state index < -0.39 is 38.8 Å². The Kier molecular flexibility index (Phi) is 8.17. The Labute approximate surface area is 268 Å². The first-order valence-corrected chi connectivity index (χ1v) is 14.8. The molecule has 6 rings (SSSR count). The number of benzene rings is 3. The van der Waals surface area contributed by atoms with Gasteiger partial charge in [0.15, 0.2) is 27.8 Å². The standard InChI is InChI=1S/C31H24N4O11S/c1-4-43-30(37)27-16(2)32-31-33(28(27)18-6-9-22-25(13-18)45-15-44-22)29(36)26(47-31)12-17-5-8-23(24(11-17)42-3)46-21-10-7-19(34(38)39)14-20(21)35(40)41/h5-14,28H,4,15H2,1-3H3. The molecule has 0 N–H and O–H groups in total. The van der Waals surface area contributed by atoms with Crippen LogP contribution in [0.5, 0.6) is 28.7 Å². The van der Waals surface area contributed by atoms with Crippen LogP contribution >= 0.6 is 11.3 Å². The van der Waals surface area contributed by atoms with Gasteiger partial charge in [-0.2, -0.15) is 0 Å². The lowest BCUT2D eigenvalue weighted by molar-refractivity contribution is -0.394. The fourth-order valence-electron chi connectivity index (χ4n) is 5.17. The largest absolute Gasteiger partial charge is 0.493 e. The fraction of sp³-hybridized carbons (Fsp3) is 0.194. The average Bonchev–Trinajstić information content (AvgIpc) is 3.64. The molecule has 240 valence electrons. The molecule has 4 aromatic rings. The first kappa shape index (κ1) is 31.0. The van der Waals surface area contributed by atoms with E-state index in [9.17, 15) is 29.8 Å².